The molecule has 1 saturated heterocycles. The first-order chi connectivity index (χ1) is 8.25. The van der Waals surface area contributed by atoms with Gasteiger partial charge in [0.05, 0.1) is 13.2 Å². The van der Waals surface area contributed by atoms with Crippen molar-refractivity contribution in [1.82, 2.24) is 15.0 Å². The Balaban J connectivity index is 1.69. The molecule has 0 N–H and O–H groups in total. The van der Waals surface area contributed by atoms with Gasteiger partial charge in [0.15, 0.2) is 5.82 Å². The lowest BCUT2D eigenvalue weighted by molar-refractivity contribution is -0.135. The third-order valence-electron chi connectivity index (χ3n) is 2.71. The van der Waals surface area contributed by atoms with Crippen molar-refractivity contribution in [3.05, 3.63) is 11.7 Å². The predicted molar refractivity (Wildman–Crippen MR) is 59.4 cm³/mol. The number of carbonyl (C=O) groups is 1. The highest BCUT2D eigenvalue weighted by atomic mass is 16.5. The first kappa shape index (κ1) is 12.0. The summed E-state index contributed by atoms with van der Waals surface area (Å²) in [7, 11) is 0. The number of morpholine rings is 1. The third kappa shape index (κ3) is 3.52. The molecule has 6 nitrogen and oxygen atoms in total. The molecule has 0 unspecified atom stereocenters. The summed E-state index contributed by atoms with van der Waals surface area (Å²) in [5, 5.41) is 3.71. The fourth-order valence-electron chi connectivity index (χ4n) is 1.80. The molecule has 0 spiro atoms. The SMILES string of the molecule is Cc1noc(CCCC(=O)N2CCOCC2)n1. The van der Waals surface area contributed by atoms with Gasteiger partial charge < -0.3 is 14.2 Å². The summed E-state index contributed by atoms with van der Waals surface area (Å²) in [5.74, 6) is 1.43. The van der Waals surface area contributed by atoms with Gasteiger partial charge in [-0.05, 0) is 13.3 Å². The van der Waals surface area contributed by atoms with Crippen LogP contribution < -0.4 is 0 Å². The van der Waals surface area contributed by atoms with E-state index in [1.807, 2.05) is 4.90 Å². The Morgan fingerprint density at radius 3 is 2.82 bits per heavy atom. The number of hydrogen-bond acceptors (Lipinski definition) is 5. The molecule has 0 bridgehead atoms. The summed E-state index contributed by atoms with van der Waals surface area (Å²) in [6.45, 7) is 4.49. The molecule has 1 aliphatic rings. The minimum absolute atomic E-state index is 0.185. The van der Waals surface area contributed by atoms with E-state index in [2.05, 4.69) is 10.1 Å². The molecule has 2 rings (SSSR count). The van der Waals surface area contributed by atoms with Crippen molar-refractivity contribution < 1.29 is 14.1 Å². The van der Waals surface area contributed by atoms with Crippen molar-refractivity contribution >= 4 is 5.91 Å². The van der Waals surface area contributed by atoms with Crippen molar-refractivity contribution in [3.8, 4) is 0 Å². The molecular formula is C11H17N3O3. The van der Waals surface area contributed by atoms with Gasteiger partial charge in [-0.1, -0.05) is 5.16 Å². The van der Waals surface area contributed by atoms with Gasteiger partial charge in [-0.15, -0.1) is 0 Å². The van der Waals surface area contributed by atoms with Gasteiger partial charge in [-0.25, -0.2) is 0 Å². The zero-order valence-electron chi connectivity index (χ0n) is 10.0. The lowest BCUT2D eigenvalue weighted by Crippen LogP contribution is -2.40. The number of ether oxygens (including phenoxy) is 1. The molecule has 1 aromatic rings. The van der Waals surface area contributed by atoms with E-state index in [0.717, 1.165) is 6.42 Å². The normalized spacial score (nSPS) is 16.2. The van der Waals surface area contributed by atoms with E-state index in [1.165, 1.54) is 0 Å². The van der Waals surface area contributed by atoms with Crippen LogP contribution in [-0.2, 0) is 16.0 Å². The van der Waals surface area contributed by atoms with Crippen LogP contribution >= 0.6 is 0 Å². The fourth-order valence-corrected chi connectivity index (χ4v) is 1.80. The van der Waals surface area contributed by atoms with Crippen molar-refractivity contribution in [1.29, 1.82) is 0 Å². The minimum atomic E-state index is 0.185. The molecule has 0 radical (unpaired) electrons. The summed E-state index contributed by atoms with van der Waals surface area (Å²) in [4.78, 5) is 17.7. The maximum Gasteiger partial charge on any atom is 0.226 e. The fraction of sp³-hybridized carbons (Fsp3) is 0.727. The molecular weight excluding hydrogens is 222 g/mol. The van der Waals surface area contributed by atoms with E-state index < -0.39 is 0 Å². The minimum Gasteiger partial charge on any atom is -0.378 e. The van der Waals surface area contributed by atoms with Crippen LogP contribution in [0.25, 0.3) is 0 Å². The number of carbonyl (C=O) groups excluding carboxylic acids is 1. The van der Waals surface area contributed by atoms with Crippen LogP contribution in [0.15, 0.2) is 4.52 Å². The van der Waals surface area contributed by atoms with Gasteiger partial charge in [-0.2, -0.15) is 4.98 Å². The average molecular weight is 239 g/mol. The van der Waals surface area contributed by atoms with E-state index in [-0.39, 0.29) is 5.91 Å². The summed E-state index contributed by atoms with van der Waals surface area (Å²) in [5.41, 5.74) is 0. The van der Waals surface area contributed by atoms with Crippen molar-refractivity contribution in [2.24, 2.45) is 0 Å². The van der Waals surface area contributed by atoms with Crippen LogP contribution in [0.2, 0.25) is 0 Å². The first-order valence-corrected chi connectivity index (χ1v) is 5.90. The Hall–Kier alpha value is -1.43. The van der Waals surface area contributed by atoms with E-state index in [1.54, 1.807) is 6.92 Å². The lowest BCUT2D eigenvalue weighted by Gasteiger charge is -2.26. The van der Waals surface area contributed by atoms with Crippen LogP contribution in [-0.4, -0.2) is 47.3 Å². The Bertz CT molecular complexity index is 372. The van der Waals surface area contributed by atoms with Crippen LogP contribution in [0.3, 0.4) is 0 Å². The molecule has 1 aromatic heterocycles. The Labute approximate surface area is 99.9 Å². The van der Waals surface area contributed by atoms with Gasteiger partial charge in [0.25, 0.3) is 0 Å². The monoisotopic (exact) mass is 239 g/mol. The molecule has 0 atom stereocenters. The van der Waals surface area contributed by atoms with Crippen LogP contribution in [0, 0.1) is 6.92 Å². The Morgan fingerprint density at radius 2 is 2.18 bits per heavy atom. The molecule has 0 aromatic carbocycles. The summed E-state index contributed by atoms with van der Waals surface area (Å²) >= 11 is 0. The summed E-state index contributed by atoms with van der Waals surface area (Å²) in [6.07, 6.45) is 1.94. The highest BCUT2D eigenvalue weighted by molar-refractivity contribution is 5.76. The second kappa shape index (κ2) is 5.77. The van der Waals surface area contributed by atoms with E-state index in [0.29, 0.717) is 50.9 Å². The van der Waals surface area contributed by atoms with Crippen molar-refractivity contribution in [2.45, 2.75) is 26.2 Å². The quantitative estimate of drug-likeness (QED) is 0.768. The zero-order valence-corrected chi connectivity index (χ0v) is 10.0. The predicted octanol–water partition coefficient (Wildman–Crippen LogP) is 0.560. The highest BCUT2D eigenvalue weighted by Crippen LogP contribution is 2.06. The van der Waals surface area contributed by atoms with E-state index >= 15 is 0 Å². The summed E-state index contributed by atoms with van der Waals surface area (Å²) in [6, 6.07) is 0. The Morgan fingerprint density at radius 1 is 1.41 bits per heavy atom. The summed E-state index contributed by atoms with van der Waals surface area (Å²) < 4.78 is 10.2. The topological polar surface area (TPSA) is 68.5 Å². The van der Waals surface area contributed by atoms with Crippen LogP contribution in [0.1, 0.15) is 24.6 Å². The van der Waals surface area contributed by atoms with Gasteiger partial charge in [-0.3, -0.25) is 4.79 Å². The van der Waals surface area contributed by atoms with Crippen molar-refractivity contribution in [3.63, 3.8) is 0 Å². The van der Waals surface area contributed by atoms with E-state index in [9.17, 15) is 4.79 Å². The molecule has 6 heteroatoms. The zero-order chi connectivity index (χ0) is 12.1. The number of rotatable bonds is 4. The second-order valence-electron chi connectivity index (χ2n) is 4.08. The van der Waals surface area contributed by atoms with Crippen LogP contribution in [0.5, 0.6) is 0 Å². The molecule has 17 heavy (non-hydrogen) atoms. The molecule has 0 saturated carbocycles. The molecule has 0 aliphatic carbocycles. The molecule has 1 aliphatic heterocycles. The average Bonchev–Trinajstić information content (AvgIpc) is 2.76. The smallest absolute Gasteiger partial charge is 0.226 e. The van der Waals surface area contributed by atoms with Gasteiger partial charge >= 0.3 is 0 Å². The lowest BCUT2D eigenvalue weighted by atomic mass is 10.2. The Kier molecular flexibility index (Phi) is 4.08. The number of nitrogens with zero attached hydrogens (tertiary/aromatic N) is 3. The van der Waals surface area contributed by atoms with Gasteiger partial charge in [0, 0.05) is 25.9 Å². The largest absolute Gasteiger partial charge is 0.378 e. The maximum atomic E-state index is 11.8. The standard InChI is InChI=1S/C11H17N3O3/c1-9-12-10(17-13-9)3-2-4-11(15)14-5-7-16-8-6-14/h2-8H2,1H3. The number of amides is 1. The number of aromatic nitrogens is 2. The van der Waals surface area contributed by atoms with Crippen LogP contribution in [0.4, 0.5) is 0 Å². The van der Waals surface area contributed by atoms with E-state index in [4.69, 9.17) is 9.26 Å². The molecule has 94 valence electrons. The molecule has 1 amide bonds. The molecule has 1 fully saturated rings. The third-order valence-corrected chi connectivity index (χ3v) is 2.71. The molecule has 2 heterocycles. The number of hydrogen-bond donors (Lipinski definition) is 0. The van der Waals surface area contributed by atoms with Gasteiger partial charge in [0.1, 0.15) is 0 Å². The van der Waals surface area contributed by atoms with Gasteiger partial charge in [0.2, 0.25) is 11.8 Å². The first-order valence-electron chi connectivity index (χ1n) is 5.90. The van der Waals surface area contributed by atoms with Crippen molar-refractivity contribution in [2.75, 3.05) is 26.3 Å². The highest BCUT2D eigenvalue weighted by Gasteiger charge is 2.16. The maximum absolute atomic E-state index is 11.8. The number of aryl methyl sites for hydroxylation is 2. The second-order valence-corrected chi connectivity index (χ2v) is 4.08.